The molecule has 0 unspecified atom stereocenters. The van der Waals surface area contributed by atoms with E-state index >= 15 is 0 Å². The quantitative estimate of drug-likeness (QED) is 0.722. The van der Waals surface area contributed by atoms with Crippen molar-refractivity contribution < 1.29 is 8.42 Å². The van der Waals surface area contributed by atoms with E-state index in [-0.39, 0.29) is 10.8 Å². The van der Waals surface area contributed by atoms with Crippen LogP contribution in [-0.2, 0) is 16.6 Å². The maximum atomic E-state index is 12.3. The Kier molecular flexibility index (Phi) is 5.01. The summed E-state index contributed by atoms with van der Waals surface area (Å²) in [6.45, 7) is 2.17. The standard InChI is InChI=1S/C17H15ClN2O2S2/c1-12-4-2-5-13(10-12)17-14(6-3-9-19-17)11-20-24(21,22)16-8-7-15(18)23-16/h2-10,20H,11H2,1H3. The average molecular weight is 379 g/mol. The van der Waals surface area contributed by atoms with E-state index in [0.29, 0.717) is 4.34 Å². The molecular weight excluding hydrogens is 364 g/mol. The molecule has 0 fully saturated rings. The minimum Gasteiger partial charge on any atom is -0.256 e. The third-order valence-electron chi connectivity index (χ3n) is 3.45. The molecule has 0 radical (unpaired) electrons. The molecule has 0 amide bonds. The zero-order chi connectivity index (χ0) is 17.2. The number of benzene rings is 1. The van der Waals surface area contributed by atoms with Gasteiger partial charge in [-0.2, -0.15) is 0 Å². The SMILES string of the molecule is Cc1cccc(-c2ncccc2CNS(=O)(=O)c2ccc(Cl)s2)c1. The lowest BCUT2D eigenvalue weighted by molar-refractivity contribution is 0.583. The second kappa shape index (κ2) is 7.03. The van der Waals surface area contributed by atoms with Crippen molar-refractivity contribution in [3.05, 3.63) is 70.2 Å². The normalized spacial score (nSPS) is 11.6. The fourth-order valence-electron chi connectivity index (χ4n) is 2.32. The molecule has 1 N–H and O–H groups in total. The summed E-state index contributed by atoms with van der Waals surface area (Å²) in [6, 6.07) is 14.7. The van der Waals surface area contributed by atoms with Crippen molar-refractivity contribution in [2.45, 2.75) is 17.7 Å². The van der Waals surface area contributed by atoms with Gasteiger partial charge in [-0.1, -0.05) is 41.4 Å². The van der Waals surface area contributed by atoms with Crippen molar-refractivity contribution in [2.75, 3.05) is 0 Å². The maximum absolute atomic E-state index is 12.3. The number of aryl methyl sites for hydroxylation is 1. The summed E-state index contributed by atoms with van der Waals surface area (Å²) in [7, 11) is -3.59. The molecule has 0 aliphatic rings. The predicted molar refractivity (Wildman–Crippen MR) is 97.8 cm³/mol. The van der Waals surface area contributed by atoms with E-state index in [1.54, 1.807) is 18.3 Å². The van der Waals surface area contributed by atoms with Crippen LogP contribution in [0.25, 0.3) is 11.3 Å². The van der Waals surface area contributed by atoms with Gasteiger partial charge in [0, 0.05) is 18.3 Å². The minimum absolute atomic E-state index is 0.162. The molecule has 24 heavy (non-hydrogen) atoms. The van der Waals surface area contributed by atoms with Crippen LogP contribution in [0.5, 0.6) is 0 Å². The molecule has 0 saturated heterocycles. The highest BCUT2D eigenvalue weighted by molar-refractivity contribution is 7.91. The molecule has 4 nitrogen and oxygen atoms in total. The van der Waals surface area contributed by atoms with Crippen molar-refractivity contribution >= 4 is 33.0 Å². The Labute approximate surface area is 150 Å². The van der Waals surface area contributed by atoms with Crippen molar-refractivity contribution in [1.29, 1.82) is 0 Å². The van der Waals surface area contributed by atoms with Gasteiger partial charge in [0.25, 0.3) is 0 Å². The van der Waals surface area contributed by atoms with Gasteiger partial charge in [-0.25, -0.2) is 13.1 Å². The van der Waals surface area contributed by atoms with E-state index in [1.165, 1.54) is 6.07 Å². The Hall–Kier alpha value is -1.73. The van der Waals surface area contributed by atoms with Gasteiger partial charge >= 0.3 is 0 Å². The first kappa shape index (κ1) is 17.1. The van der Waals surface area contributed by atoms with Crippen LogP contribution in [0, 0.1) is 6.92 Å². The fourth-order valence-corrected chi connectivity index (χ4v) is 4.85. The minimum atomic E-state index is -3.59. The second-order valence-electron chi connectivity index (χ2n) is 5.26. The zero-order valence-electron chi connectivity index (χ0n) is 12.9. The van der Waals surface area contributed by atoms with Crippen LogP contribution in [0.4, 0.5) is 0 Å². The predicted octanol–water partition coefficient (Wildman–Crippen LogP) is 4.25. The summed E-state index contributed by atoms with van der Waals surface area (Å²) in [5.41, 5.74) is 3.67. The molecule has 7 heteroatoms. The zero-order valence-corrected chi connectivity index (χ0v) is 15.3. The van der Waals surface area contributed by atoms with Gasteiger partial charge < -0.3 is 0 Å². The number of pyridine rings is 1. The number of aromatic nitrogens is 1. The molecule has 2 heterocycles. The lowest BCUT2D eigenvalue weighted by Gasteiger charge is -2.10. The summed E-state index contributed by atoms with van der Waals surface area (Å²) >= 11 is 6.85. The highest BCUT2D eigenvalue weighted by Crippen LogP contribution is 2.26. The summed E-state index contributed by atoms with van der Waals surface area (Å²) < 4.78 is 27.9. The van der Waals surface area contributed by atoms with Gasteiger partial charge in [0.2, 0.25) is 10.0 Å². The number of halogens is 1. The van der Waals surface area contributed by atoms with E-state index in [9.17, 15) is 8.42 Å². The molecule has 0 bridgehead atoms. The van der Waals surface area contributed by atoms with E-state index in [2.05, 4.69) is 9.71 Å². The molecule has 3 rings (SSSR count). The molecular formula is C17H15ClN2O2S2. The molecule has 0 spiro atoms. The van der Waals surface area contributed by atoms with Crippen molar-refractivity contribution in [1.82, 2.24) is 9.71 Å². The van der Waals surface area contributed by atoms with Crippen LogP contribution in [0.2, 0.25) is 4.34 Å². The third kappa shape index (κ3) is 3.84. The Balaban J connectivity index is 1.86. The Morgan fingerprint density at radius 2 is 2.00 bits per heavy atom. The maximum Gasteiger partial charge on any atom is 0.250 e. The molecule has 3 aromatic rings. The number of sulfonamides is 1. The second-order valence-corrected chi connectivity index (χ2v) is 8.97. The molecule has 0 saturated carbocycles. The van der Waals surface area contributed by atoms with Crippen molar-refractivity contribution in [3.8, 4) is 11.3 Å². The number of thiophene rings is 1. The van der Waals surface area contributed by atoms with E-state index in [0.717, 1.165) is 33.7 Å². The number of hydrogen-bond acceptors (Lipinski definition) is 4. The first-order valence-corrected chi connectivity index (χ1v) is 9.89. The number of rotatable bonds is 5. The lowest BCUT2D eigenvalue weighted by Crippen LogP contribution is -2.22. The number of hydrogen-bond donors (Lipinski definition) is 1. The lowest BCUT2D eigenvalue weighted by atomic mass is 10.0. The van der Waals surface area contributed by atoms with Crippen molar-refractivity contribution in [3.63, 3.8) is 0 Å². The topological polar surface area (TPSA) is 59.1 Å². The van der Waals surface area contributed by atoms with Gasteiger partial charge in [-0.3, -0.25) is 4.98 Å². The number of nitrogens with one attached hydrogen (secondary N) is 1. The van der Waals surface area contributed by atoms with E-state index < -0.39 is 10.0 Å². The van der Waals surface area contributed by atoms with Crippen molar-refractivity contribution in [2.24, 2.45) is 0 Å². The van der Waals surface area contributed by atoms with E-state index in [4.69, 9.17) is 11.6 Å². The smallest absolute Gasteiger partial charge is 0.250 e. The largest absolute Gasteiger partial charge is 0.256 e. The first-order valence-electron chi connectivity index (χ1n) is 7.22. The van der Waals surface area contributed by atoms with Crippen LogP contribution in [-0.4, -0.2) is 13.4 Å². The third-order valence-corrected chi connectivity index (χ3v) is 6.57. The van der Waals surface area contributed by atoms with Crippen LogP contribution < -0.4 is 4.72 Å². The molecule has 0 atom stereocenters. The van der Waals surface area contributed by atoms with Gasteiger partial charge in [-0.15, -0.1) is 11.3 Å². The van der Waals surface area contributed by atoms with Gasteiger partial charge in [0.1, 0.15) is 4.21 Å². The highest BCUT2D eigenvalue weighted by Gasteiger charge is 2.17. The van der Waals surface area contributed by atoms with Gasteiger partial charge in [0.05, 0.1) is 10.0 Å². The van der Waals surface area contributed by atoms with Gasteiger partial charge in [0.15, 0.2) is 0 Å². The Bertz CT molecular complexity index is 968. The Morgan fingerprint density at radius 1 is 1.17 bits per heavy atom. The first-order chi connectivity index (χ1) is 11.5. The highest BCUT2D eigenvalue weighted by atomic mass is 35.5. The summed E-state index contributed by atoms with van der Waals surface area (Å²) in [5, 5.41) is 0. The molecule has 2 aromatic heterocycles. The van der Waals surface area contributed by atoms with Crippen LogP contribution in [0.3, 0.4) is 0 Å². The van der Waals surface area contributed by atoms with Crippen LogP contribution in [0.1, 0.15) is 11.1 Å². The monoisotopic (exact) mass is 378 g/mol. The Morgan fingerprint density at radius 3 is 2.71 bits per heavy atom. The van der Waals surface area contributed by atoms with Crippen LogP contribution >= 0.6 is 22.9 Å². The summed E-state index contributed by atoms with van der Waals surface area (Å²) in [5.74, 6) is 0. The molecule has 0 aliphatic heterocycles. The molecule has 0 aliphatic carbocycles. The number of nitrogens with zero attached hydrogens (tertiary/aromatic N) is 1. The van der Waals surface area contributed by atoms with Crippen LogP contribution in [0.15, 0.2) is 58.9 Å². The van der Waals surface area contributed by atoms with E-state index in [1.807, 2.05) is 37.3 Å². The van der Waals surface area contributed by atoms with Gasteiger partial charge in [-0.05, 0) is 36.8 Å². The fraction of sp³-hybridized carbons (Fsp3) is 0.118. The summed E-state index contributed by atoms with van der Waals surface area (Å²) in [6.07, 6.45) is 1.70. The summed E-state index contributed by atoms with van der Waals surface area (Å²) in [4.78, 5) is 4.41. The average Bonchev–Trinajstić information content (AvgIpc) is 3.01. The molecule has 124 valence electrons. The molecule has 1 aromatic carbocycles.